The van der Waals surface area contributed by atoms with E-state index in [4.69, 9.17) is 9.47 Å². The smallest absolute Gasteiger partial charge is 0.311 e. The van der Waals surface area contributed by atoms with Gasteiger partial charge in [0.1, 0.15) is 11.5 Å². The second kappa shape index (κ2) is 9.40. The van der Waals surface area contributed by atoms with Crippen molar-refractivity contribution in [3.05, 3.63) is 59.2 Å². The molecule has 0 spiro atoms. The lowest BCUT2D eigenvalue weighted by molar-refractivity contribution is -0.153. The van der Waals surface area contributed by atoms with Crippen LogP contribution in [0.4, 0.5) is 0 Å². The zero-order valence-electron chi connectivity index (χ0n) is 17.0. The monoisotopic (exact) mass is 384 g/mol. The lowest BCUT2D eigenvalue weighted by atomic mass is 9.88. The number of benzene rings is 2. The molecule has 0 atom stereocenters. The van der Waals surface area contributed by atoms with Gasteiger partial charge in [-0.15, -0.1) is 0 Å². The lowest BCUT2D eigenvalue weighted by Crippen LogP contribution is -2.29. The molecule has 150 valence electrons. The molecule has 0 radical (unpaired) electrons. The number of hydrogen-bond donors (Lipinski definition) is 1. The van der Waals surface area contributed by atoms with Crippen LogP contribution in [0, 0.1) is 19.3 Å². The molecule has 1 N–H and O–H groups in total. The second-order valence-corrected chi connectivity index (χ2v) is 7.65. The number of aromatic hydroxyl groups is 1. The minimum absolute atomic E-state index is 0.00125. The van der Waals surface area contributed by atoms with Crippen molar-refractivity contribution >= 4 is 11.8 Å². The van der Waals surface area contributed by atoms with Gasteiger partial charge in [-0.25, -0.2) is 0 Å². The molecule has 2 aromatic rings. The summed E-state index contributed by atoms with van der Waals surface area (Å²) in [4.78, 5) is 24.5. The molecule has 0 fully saturated rings. The van der Waals surface area contributed by atoms with Crippen LogP contribution < -0.4 is 4.74 Å². The Bertz CT molecular complexity index is 839. The molecule has 0 saturated carbocycles. The Labute approximate surface area is 166 Å². The van der Waals surface area contributed by atoms with Gasteiger partial charge in [0.05, 0.1) is 12.0 Å². The Morgan fingerprint density at radius 3 is 2.54 bits per heavy atom. The van der Waals surface area contributed by atoms with Gasteiger partial charge >= 0.3 is 5.97 Å². The molecule has 0 saturated heterocycles. The lowest BCUT2D eigenvalue weighted by Gasteiger charge is -2.22. The van der Waals surface area contributed by atoms with Crippen LogP contribution in [-0.4, -0.2) is 30.1 Å². The molecular weight excluding hydrogens is 356 g/mol. The summed E-state index contributed by atoms with van der Waals surface area (Å²) < 4.78 is 11.0. The standard InChI is InChI=1S/C23H28O5/c1-16-9-10-17(2)21(13-16)27-12-6-11-23(3,4)22(26)28-15-20(25)18-7-5-8-19(24)14-18/h5,7-10,13-14,24H,6,11-12,15H2,1-4H3. The highest BCUT2D eigenvalue weighted by Crippen LogP contribution is 2.25. The number of hydrogen-bond acceptors (Lipinski definition) is 5. The summed E-state index contributed by atoms with van der Waals surface area (Å²) in [6.45, 7) is 7.77. The average molecular weight is 384 g/mol. The van der Waals surface area contributed by atoms with Crippen molar-refractivity contribution in [3.63, 3.8) is 0 Å². The molecule has 0 aromatic heterocycles. The van der Waals surface area contributed by atoms with Crippen LogP contribution in [0.15, 0.2) is 42.5 Å². The molecular formula is C23H28O5. The van der Waals surface area contributed by atoms with Crippen molar-refractivity contribution in [3.8, 4) is 11.5 Å². The molecule has 5 nitrogen and oxygen atoms in total. The van der Waals surface area contributed by atoms with Crippen molar-refractivity contribution in [2.24, 2.45) is 5.41 Å². The van der Waals surface area contributed by atoms with E-state index in [-0.39, 0.29) is 18.1 Å². The van der Waals surface area contributed by atoms with Gasteiger partial charge in [-0.2, -0.15) is 0 Å². The molecule has 0 aliphatic carbocycles. The number of ether oxygens (including phenoxy) is 2. The Hall–Kier alpha value is -2.82. The molecule has 2 rings (SSSR count). The van der Waals surface area contributed by atoms with Crippen molar-refractivity contribution < 1.29 is 24.2 Å². The van der Waals surface area contributed by atoms with E-state index in [2.05, 4.69) is 0 Å². The maximum atomic E-state index is 12.4. The van der Waals surface area contributed by atoms with E-state index in [1.807, 2.05) is 32.0 Å². The van der Waals surface area contributed by atoms with Crippen LogP contribution in [0.3, 0.4) is 0 Å². The van der Waals surface area contributed by atoms with Gasteiger partial charge in [-0.1, -0.05) is 24.3 Å². The van der Waals surface area contributed by atoms with Crippen molar-refractivity contribution in [2.45, 2.75) is 40.5 Å². The van der Waals surface area contributed by atoms with Crippen LogP contribution in [-0.2, 0) is 9.53 Å². The fourth-order valence-electron chi connectivity index (χ4n) is 2.75. The molecule has 0 bridgehead atoms. The Balaban J connectivity index is 1.78. The maximum Gasteiger partial charge on any atom is 0.311 e. The van der Waals surface area contributed by atoms with Gasteiger partial charge in [0.15, 0.2) is 12.4 Å². The van der Waals surface area contributed by atoms with Crippen LogP contribution in [0.25, 0.3) is 0 Å². The Kier molecular flexibility index (Phi) is 7.21. The van der Waals surface area contributed by atoms with Crippen LogP contribution in [0.5, 0.6) is 11.5 Å². The number of Topliss-reactive ketones (excluding diaryl/α,β-unsaturated/α-hetero) is 1. The highest BCUT2D eigenvalue weighted by Gasteiger charge is 2.29. The van der Waals surface area contributed by atoms with Gasteiger partial charge in [0, 0.05) is 5.56 Å². The number of rotatable bonds is 9. The normalized spacial score (nSPS) is 11.1. The summed E-state index contributed by atoms with van der Waals surface area (Å²) in [5.74, 6) is 0.0875. The van der Waals surface area contributed by atoms with Gasteiger partial charge in [0.2, 0.25) is 0 Å². The van der Waals surface area contributed by atoms with Crippen molar-refractivity contribution in [1.29, 1.82) is 0 Å². The van der Waals surface area contributed by atoms with Crippen molar-refractivity contribution in [2.75, 3.05) is 13.2 Å². The van der Waals surface area contributed by atoms with Crippen molar-refractivity contribution in [1.82, 2.24) is 0 Å². The minimum atomic E-state index is -0.718. The zero-order chi connectivity index (χ0) is 20.7. The number of phenolic OH excluding ortho intramolecular Hbond substituents is 1. The molecule has 0 aliphatic heterocycles. The predicted molar refractivity (Wildman–Crippen MR) is 108 cm³/mol. The average Bonchev–Trinajstić information content (AvgIpc) is 2.65. The van der Waals surface area contributed by atoms with Gasteiger partial charge < -0.3 is 14.6 Å². The van der Waals surface area contributed by atoms with Crippen LogP contribution >= 0.6 is 0 Å². The van der Waals surface area contributed by atoms with E-state index < -0.39 is 11.4 Å². The first-order chi connectivity index (χ1) is 13.2. The fraction of sp³-hybridized carbons (Fsp3) is 0.391. The number of phenols is 1. The Morgan fingerprint density at radius 2 is 1.82 bits per heavy atom. The summed E-state index contributed by atoms with van der Waals surface area (Å²) in [6, 6.07) is 12.0. The third-order valence-electron chi connectivity index (χ3n) is 4.60. The number of carbonyl (C=O) groups excluding carboxylic acids is 2. The molecule has 0 heterocycles. The molecule has 0 amide bonds. The summed E-state index contributed by atoms with van der Waals surface area (Å²) in [6.07, 6.45) is 1.27. The largest absolute Gasteiger partial charge is 0.508 e. The quantitative estimate of drug-likeness (QED) is 0.388. The summed E-state index contributed by atoms with van der Waals surface area (Å²) in [5.41, 5.74) is 1.81. The van der Waals surface area contributed by atoms with Gasteiger partial charge in [-0.05, 0) is 69.9 Å². The highest BCUT2D eigenvalue weighted by atomic mass is 16.5. The fourth-order valence-corrected chi connectivity index (χ4v) is 2.75. The number of esters is 1. The van der Waals surface area contributed by atoms with E-state index in [0.717, 1.165) is 16.9 Å². The first kappa shape index (κ1) is 21.5. The topological polar surface area (TPSA) is 72.8 Å². The third kappa shape index (κ3) is 6.12. The molecule has 2 aromatic carbocycles. The third-order valence-corrected chi connectivity index (χ3v) is 4.60. The molecule has 28 heavy (non-hydrogen) atoms. The number of ketones is 1. The van der Waals surface area contributed by atoms with E-state index in [1.165, 1.54) is 12.1 Å². The van der Waals surface area contributed by atoms with Gasteiger partial charge in [0.25, 0.3) is 0 Å². The highest BCUT2D eigenvalue weighted by molar-refractivity contribution is 5.98. The Morgan fingerprint density at radius 1 is 1.07 bits per heavy atom. The minimum Gasteiger partial charge on any atom is -0.508 e. The molecule has 0 unspecified atom stereocenters. The predicted octanol–water partition coefficient (Wildman–Crippen LogP) is 4.62. The van der Waals surface area contributed by atoms with Crippen LogP contribution in [0.1, 0.15) is 48.2 Å². The summed E-state index contributed by atoms with van der Waals surface area (Å²) >= 11 is 0. The maximum absolute atomic E-state index is 12.4. The number of carbonyl (C=O) groups is 2. The first-order valence-corrected chi connectivity index (χ1v) is 9.38. The van der Waals surface area contributed by atoms with Gasteiger partial charge in [-0.3, -0.25) is 9.59 Å². The van der Waals surface area contributed by atoms with E-state index >= 15 is 0 Å². The van der Waals surface area contributed by atoms with E-state index in [9.17, 15) is 14.7 Å². The molecule has 0 aliphatic rings. The summed E-state index contributed by atoms with van der Waals surface area (Å²) in [5, 5.41) is 9.43. The van der Waals surface area contributed by atoms with Crippen LogP contribution in [0.2, 0.25) is 0 Å². The SMILES string of the molecule is Cc1ccc(C)c(OCCCC(C)(C)C(=O)OCC(=O)c2cccc(O)c2)c1. The molecule has 5 heteroatoms. The van der Waals surface area contributed by atoms with E-state index in [0.29, 0.717) is 25.0 Å². The number of aryl methyl sites for hydroxylation is 2. The van der Waals surface area contributed by atoms with E-state index in [1.54, 1.807) is 26.0 Å². The second-order valence-electron chi connectivity index (χ2n) is 7.65. The zero-order valence-corrected chi connectivity index (χ0v) is 17.0. The summed E-state index contributed by atoms with van der Waals surface area (Å²) in [7, 11) is 0. The first-order valence-electron chi connectivity index (χ1n) is 9.38.